The van der Waals surface area contributed by atoms with Gasteiger partial charge in [-0.2, -0.15) is 0 Å². The number of nitrogens with one attached hydrogen (secondary N) is 2. The maximum Gasteiger partial charge on any atom is 0.237 e. The molecule has 0 bridgehead atoms. The minimum Gasteiger partial charge on any atom is -0.326 e. The lowest BCUT2D eigenvalue weighted by Gasteiger charge is -2.14. The Kier molecular flexibility index (Phi) is 7.16. The van der Waals surface area contributed by atoms with Gasteiger partial charge in [0.25, 0.3) is 0 Å². The Morgan fingerprint density at radius 1 is 1.26 bits per heavy atom. The van der Waals surface area contributed by atoms with Gasteiger partial charge in [-0.25, -0.2) is 8.42 Å². The zero-order valence-electron chi connectivity index (χ0n) is 17.4. The summed E-state index contributed by atoms with van der Waals surface area (Å²) in [5.41, 5.74) is 1.25. The number of anilines is 2. The number of sulfone groups is 1. The zero-order chi connectivity index (χ0) is 22.6. The molecule has 3 rings (SSSR count). The summed E-state index contributed by atoms with van der Waals surface area (Å²) in [6.45, 7) is 7.38. The number of thioether (sulfide) groups is 1. The molecule has 1 aliphatic rings. The highest BCUT2D eigenvalue weighted by Crippen LogP contribution is 2.31. The van der Waals surface area contributed by atoms with Crippen molar-refractivity contribution >= 4 is 44.8 Å². The predicted octanol–water partition coefficient (Wildman–Crippen LogP) is 2.44. The Hall–Kier alpha value is -2.66. The Labute approximate surface area is 185 Å². The third-order valence-corrected chi connectivity index (χ3v) is 7.63. The maximum atomic E-state index is 12.6. The van der Waals surface area contributed by atoms with Gasteiger partial charge in [0.1, 0.15) is 5.82 Å². The van der Waals surface area contributed by atoms with Gasteiger partial charge in [0.05, 0.1) is 16.8 Å². The molecule has 2 unspecified atom stereocenters. The van der Waals surface area contributed by atoms with Crippen LogP contribution in [0.4, 0.5) is 11.4 Å². The average Bonchev–Trinajstić information content (AvgIpc) is 3.26. The minimum atomic E-state index is -3.05. The van der Waals surface area contributed by atoms with Gasteiger partial charge < -0.3 is 15.2 Å². The van der Waals surface area contributed by atoms with Crippen LogP contribution in [0.1, 0.15) is 32.0 Å². The van der Waals surface area contributed by atoms with Crippen LogP contribution in [0.2, 0.25) is 0 Å². The molecule has 1 fully saturated rings. The normalized spacial score (nSPS) is 18.3. The van der Waals surface area contributed by atoms with E-state index in [0.717, 1.165) is 0 Å². The number of benzene rings is 1. The second kappa shape index (κ2) is 9.65. The summed E-state index contributed by atoms with van der Waals surface area (Å²) in [6, 6.07) is 6.83. The molecular formula is C20H25N5O4S2. The number of amides is 2. The number of aromatic nitrogens is 3. The molecule has 0 spiro atoms. The van der Waals surface area contributed by atoms with Gasteiger partial charge in [-0.1, -0.05) is 17.8 Å². The van der Waals surface area contributed by atoms with Crippen molar-refractivity contribution in [1.82, 2.24) is 14.8 Å². The van der Waals surface area contributed by atoms with Crippen LogP contribution in [0.25, 0.3) is 0 Å². The monoisotopic (exact) mass is 463 g/mol. The molecule has 0 aliphatic carbocycles. The van der Waals surface area contributed by atoms with Gasteiger partial charge in [-0.3, -0.25) is 9.59 Å². The van der Waals surface area contributed by atoms with E-state index in [4.69, 9.17) is 0 Å². The van der Waals surface area contributed by atoms with Crippen LogP contribution >= 0.6 is 11.8 Å². The first-order valence-electron chi connectivity index (χ1n) is 9.78. The molecule has 11 heteroatoms. The second-order valence-corrected chi connectivity index (χ2v) is 10.9. The maximum absolute atomic E-state index is 12.6. The highest BCUT2D eigenvalue weighted by molar-refractivity contribution is 8.00. The number of carbonyl (C=O) groups is 2. The largest absolute Gasteiger partial charge is 0.326 e. The van der Waals surface area contributed by atoms with E-state index in [2.05, 4.69) is 27.4 Å². The van der Waals surface area contributed by atoms with Crippen LogP contribution in [0.15, 0.2) is 42.1 Å². The molecule has 2 amide bonds. The Morgan fingerprint density at radius 3 is 2.45 bits per heavy atom. The van der Waals surface area contributed by atoms with Crippen molar-refractivity contribution in [2.75, 3.05) is 22.1 Å². The van der Waals surface area contributed by atoms with E-state index in [9.17, 15) is 18.0 Å². The molecule has 1 saturated heterocycles. The first-order valence-corrected chi connectivity index (χ1v) is 12.5. The van der Waals surface area contributed by atoms with Crippen molar-refractivity contribution in [1.29, 1.82) is 0 Å². The summed E-state index contributed by atoms with van der Waals surface area (Å²) in [7, 11) is -3.05. The van der Waals surface area contributed by atoms with E-state index in [1.54, 1.807) is 37.3 Å². The van der Waals surface area contributed by atoms with Gasteiger partial charge in [0.15, 0.2) is 15.0 Å². The van der Waals surface area contributed by atoms with Crippen LogP contribution in [0.3, 0.4) is 0 Å². The first kappa shape index (κ1) is 23.0. The van der Waals surface area contributed by atoms with Gasteiger partial charge in [-0.15, -0.1) is 16.8 Å². The Morgan fingerprint density at radius 2 is 1.90 bits per heavy atom. The molecule has 0 saturated carbocycles. The van der Waals surface area contributed by atoms with Crippen molar-refractivity contribution in [3.8, 4) is 0 Å². The molecule has 2 heterocycles. The van der Waals surface area contributed by atoms with E-state index in [1.807, 2.05) is 4.57 Å². The van der Waals surface area contributed by atoms with E-state index < -0.39 is 15.1 Å². The van der Waals surface area contributed by atoms with E-state index in [-0.39, 0.29) is 29.2 Å². The van der Waals surface area contributed by atoms with Gasteiger partial charge in [0, 0.05) is 30.8 Å². The number of carbonyl (C=O) groups excluding carboxylic acids is 2. The molecule has 2 N–H and O–H groups in total. The van der Waals surface area contributed by atoms with Gasteiger partial charge in [-0.05, 0) is 37.6 Å². The van der Waals surface area contributed by atoms with Crippen molar-refractivity contribution in [2.24, 2.45) is 0 Å². The fraction of sp³-hybridized carbons (Fsp3) is 0.400. The third kappa shape index (κ3) is 5.95. The van der Waals surface area contributed by atoms with Crippen LogP contribution in [-0.2, 0) is 26.0 Å². The Bertz CT molecular complexity index is 1080. The standard InChI is InChI=1S/C20H25N5O4S2/c1-4-10-25-18(15-9-11-31(28,29)12-15)23-24-20(25)30-13(2)19(27)22-17-7-5-16(6-8-17)21-14(3)26/h4-8,13,15H,1,9-12H2,2-3H3,(H,21,26)(H,22,27). The van der Waals surface area contributed by atoms with E-state index >= 15 is 0 Å². The van der Waals surface area contributed by atoms with Crippen LogP contribution in [0, 0.1) is 0 Å². The lowest BCUT2D eigenvalue weighted by Crippen LogP contribution is -2.23. The SMILES string of the molecule is C=CCn1c(SC(C)C(=O)Nc2ccc(NC(C)=O)cc2)nnc1C1CCS(=O)(=O)C1. The molecule has 166 valence electrons. The smallest absolute Gasteiger partial charge is 0.237 e. The third-order valence-electron chi connectivity index (χ3n) is 4.78. The lowest BCUT2D eigenvalue weighted by atomic mass is 10.1. The highest BCUT2D eigenvalue weighted by atomic mass is 32.2. The molecular weight excluding hydrogens is 438 g/mol. The van der Waals surface area contributed by atoms with Crippen molar-refractivity contribution in [3.63, 3.8) is 0 Å². The van der Waals surface area contributed by atoms with Crippen molar-refractivity contribution < 1.29 is 18.0 Å². The zero-order valence-corrected chi connectivity index (χ0v) is 19.0. The Balaban J connectivity index is 1.68. The van der Waals surface area contributed by atoms with E-state index in [1.165, 1.54) is 18.7 Å². The van der Waals surface area contributed by atoms with Crippen LogP contribution in [0.5, 0.6) is 0 Å². The minimum absolute atomic E-state index is 0.0669. The van der Waals surface area contributed by atoms with Crippen molar-refractivity contribution in [2.45, 2.75) is 43.1 Å². The summed E-state index contributed by atoms with van der Waals surface area (Å²) in [5.74, 6) is 0.260. The topological polar surface area (TPSA) is 123 Å². The van der Waals surface area contributed by atoms with E-state index in [0.29, 0.717) is 35.3 Å². The van der Waals surface area contributed by atoms with Crippen molar-refractivity contribution in [3.05, 3.63) is 42.7 Å². The number of hydrogen-bond donors (Lipinski definition) is 2. The molecule has 31 heavy (non-hydrogen) atoms. The lowest BCUT2D eigenvalue weighted by molar-refractivity contribution is -0.115. The molecule has 1 aromatic carbocycles. The number of hydrogen-bond acceptors (Lipinski definition) is 7. The second-order valence-electron chi connectivity index (χ2n) is 7.35. The number of rotatable bonds is 8. The summed E-state index contributed by atoms with van der Waals surface area (Å²) in [5, 5.41) is 14.0. The van der Waals surface area contributed by atoms with Gasteiger partial charge in [0.2, 0.25) is 11.8 Å². The van der Waals surface area contributed by atoms with Crippen LogP contribution < -0.4 is 10.6 Å². The first-order chi connectivity index (χ1) is 14.7. The highest BCUT2D eigenvalue weighted by Gasteiger charge is 2.33. The summed E-state index contributed by atoms with van der Waals surface area (Å²) in [4.78, 5) is 23.7. The molecule has 9 nitrogen and oxygen atoms in total. The molecule has 2 atom stereocenters. The summed E-state index contributed by atoms with van der Waals surface area (Å²) < 4.78 is 25.5. The average molecular weight is 464 g/mol. The summed E-state index contributed by atoms with van der Waals surface area (Å²) >= 11 is 1.25. The molecule has 2 aromatic rings. The molecule has 1 aromatic heterocycles. The fourth-order valence-electron chi connectivity index (χ4n) is 3.28. The predicted molar refractivity (Wildman–Crippen MR) is 121 cm³/mol. The number of allylic oxidation sites excluding steroid dienone is 1. The molecule has 0 radical (unpaired) electrons. The molecule has 1 aliphatic heterocycles. The van der Waals surface area contributed by atoms with Gasteiger partial charge >= 0.3 is 0 Å². The number of nitrogens with zero attached hydrogens (tertiary/aromatic N) is 3. The fourth-order valence-corrected chi connectivity index (χ4v) is 5.89. The quantitative estimate of drug-likeness (QED) is 0.455. The summed E-state index contributed by atoms with van der Waals surface area (Å²) in [6.07, 6.45) is 2.22. The van der Waals surface area contributed by atoms with Crippen LogP contribution in [-0.4, -0.2) is 51.8 Å².